The van der Waals surface area contributed by atoms with Crippen molar-refractivity contribution in [1.82, 2.24) is 4.98 Å². The molecular formula is C19H21NOS. The Bertz CT molecular complexity index is 942. The van der Waals surface area contributed by atoms with Crippen molar-refractivity contribution in [3.63, 3.8) is 0 Å². The first-order valence-electron chi connectivity index (χ1n) is 7.38. The SMILES string of the molecule is Cc1ccc(-c2ccc(-c3cc4c(C)ccc(C)c4o3)[nH]2)s1.[HH].[HH]. The van der Waals surface area contributed by atoms with Crippen LogP contribution in [0.5, 0.6) is 0 Å². The number of hydrogen-bond acceptors (Lipinski definition) is 2. The molecule has 0 aliphatic heterocycles. The summed E-state index contributed by atoms with van der Waals surface area (Å²) in [4.78, 5) is 6.05. The third-order valence-corrected chi connectivity index (χ3v) is 5.09. The van der Waals surface area contributed by atoms with Crippen LogP contribution < -0.4 is 0 Å². The van der Waals surface area contributed by atoms with E-state index < -0.39 is 0 Å². The van der Waals surface area contributed by atoms with Crippen LogP contribution in [0.1, 0.15) is 18.9 Å². The molecule has 0 amide bonds. The van der Waals surface area contributed by atoms with E-state index in [4.69, 9.17) is 4.42 Å². The Labute approximate surface area is 136 Å². The van der Waals surface area contributed by atoms with E-state index >= 15 is 0 Å². The van der Waals surface area contributed by atoms with Crippen LogP contribution in [0.15, 0.2) is 46.9 Å². The lowest BCUT2D eigenvalue weighted by Gasteiger charge is -1.96. The number of nitrogens with one attached hydrogen (secondary N) is 1. The van der Waals surface area contributed by atoms with Gasteiger partial charge in [0.15, 0.2) is 5.76 Å². The second-order valence-electron chi connectivity index (χ2n) is 5.75. The van der Waals surface area contributed by atoms with Crippen molar-refractivity contribution in [2.75, 3.05) is 0 Å². The number of hydrogen-bond donors (Lipinski definition) is 1. The first kappa shape index (κ1) is 13.4. The lowest BCUT2D eigenvalue weighted by Crippen LogP contribution is -1.76. The maximum atomic E-state index is 6.09. The molecule has 0 radical (unpaired) electrons. The number of rotatable bonds is 2. The van der Waals surface area contributed by atoms with Gasteiger partial charge in [0, 0.05) is 13.1 Å². The highest BCUT2D eigenvalue weighted by Crippen LogP contribution is 2.34. The third kappa shape index (κ3) is 2.09. The van der Waals surface area contributed by atoms with Crippen LogP contribution in [-0.2, 0) is 0 Å². The number of aromatic amines is 1. The molecule has 0 unspecified atom stereocenters. The predicted molar refractivity (Wildman–Crippen MR) is 97.8 cm³/mol. The molecule has 0 saturated heterocycles. The molecule has 0 fully saturated rings. The number of furan rings is 1. The zero-order chi connectivity index (χ0) is 15.3. The van der Waals surface area contributed by atoms with Gasteiger partial charge in [-0.2, -0.15) is 0 Å². The Hall–Kier alpha value is -2.26. The summed E-state index contributed by atoms with van der Waals surface area (Å²) in [5, 5.41) is 1.19. The van der Waals surface area contributed by atoms with Crippen molar-refractivity contribution in [2.24, 2.45) is 0 Å². The maximum Gasteiger partial charge on any atom is 0.151 e. The van der Waals surface area contributed by atoms with Crippen LogP contribution in [0, 0.1) is 20.8 Å². The topological polar surface area (TPSA) is 28.9 Å². The van der Waals surface area contributed by atoms with E-state index in [-0.39, 0.29) is 2.85 Å². The summed E-state index contributed by atoms with van der Waals surface area (Å²) >= 11 is 1.80. The molecule has 1 aromatic carbocycles. The molecule has 3 heterocycles. The second kappa shape index (κ2) is 4.89. The van der Waals surface area contributed by atoms with Crippen LogP contribution in [0.25, 0.3) is 33.0 Å². The summed E-state index contributed by atoms with van der Waals surface area (Å²) in [6, 6.07) is 14.9. The smallest absolute Gasteiger partial charge is 0.151 e. The van der Waals surface area contributed by atoms with Crippen molar-refractivity contribution >= 4 is 22.3 Å². The molecule has 0 bridgehead atoms. The summed E-state index contributed by atoms with van der Waals surface area (Å²) in [7, 11) is 0. The van der Waals surface area contributed by atoms with Crippen molar-refractivity contribution in [1.29, 1.82) is 0 Å². The van der Waals surface area contributed by atoms with Gasteiger partial charge in [-0.3, -0.25) is 0 Å². The predicted octanol–water partition coefficient (Wildman–Crippen LogP) is 6.57. The Morgan fingerprint density at radius 1 is 0.909 bits per heavy atom. The van der Waals surface area contributed by atoms with Gasteiger partial charge in [0.25, 0.3) is 0 Å². The quantitative estimate of drug-likeness (QED) is 0.445. The van der Waals surface area contributed by atoms with E-state index in [0.717, 1.165) is 22.7 Å². The van der Waals surface area contributed by atoms with Crippen molar-refractivity contribution in [3.05, 3.63) is 58.5 Å². The van der Waals surface area contributed by atoms with Crippen molar-refractivity contribution in [2.45, 2.75) is 20.8 Å². The number of aryl methyl sites for hydroxylation is 3. The zero-order valence-electron chi connectivity index (χ0n) is 12.9. The number of H-pyrrole nitrogens is 1. The van der Waals surface area contributed by atoms with E-state index in [1.54, 1.807) is 11.3 Å². The molecule has 4 aromatic rings. The molecule has 2 nitrogen and oxygen atoms in total. The third-order valence-electron chi connectivity index (χ3n) is 4.06. The zero-order valence-corrected chi connectivity index (χ0v) is 13.7. The van der Waals surface area contributed by atoms with E-state index in [9.17, 15) is 0 Å². The fourth-order valence-electron chi connectivity index (χ4n) is 2.79. The minimum absolute atomic E-state index is 0. The highest BCUT2D eigenvalue weighted by atomic mass is 32.1. The molecule has 0 aliphatic rings. The summed E-state index contributed by atoms with van der Waals surface area (Å²) < 4.78 is 6.09. The van der Waals surface area contributed by atoms with Crippen LogP contribution in [0.2, 0.25) is 0 Å². The van der Waals surface area contributed by atoms with Crippen LogP contribution in [-0.4, -0.2) is 4.98 Å². The molecule has 0 aliphatic carbocycles. The average Bonchev–Trinajstić information content (AvgIpc) is 3.20. The molecule has 0 spiro atoms. The van der Waals surface area contributed by atoms with Gasteiger partial charge in [-0.1, -0.05) is 12.1 Å². The fourth-order valence-corrected chi connectivity index (χ4v) is 3.63. The molecule has 1 N–H and O–H groups in total. The highest BCUT2D eigenvalue weighted by Gasteiger charge is 2.12. The van der Waals surface area contributed by atoms with E-state index in [2.05, 4.69) is 68.2 Å². The van der Waals surface area contributed by atoms with Crippen LogP contribution in [0.4, 0.5) is 0 Å². The first-order chi connectivity index (χ1) is 10.6. The molecule has 4 rings (SSSR count). The van der Waals surface area contributed by atoms with Crippen molar-refractivity contribution < 1.29 is 7.27 Å². The lowest BCUT2D eigenvalue weighted by atomic mass is 10.1. The van der Waals surface area contributed by atoms with Gasteiger partial charge in [0.05, 0.1) is 16.3 Å². The molecule has 22 heavy (non-hydrogen) atoms. The number of fused-ring (bicyclic) bond motifs is 1. The monoisotopic (exact) mass is 311 g/mol. The maximum absolute atomic E-state index is 6.09. The molecule has 3 heteroatoms. The van der Waals surface area contributed by atoms with Gasteiger partial charge in [-0.25, -0.2) is 0 Å². The van der Waals surface area contributed by atoms with Crippen LogP contribution >= 0.6 is 11.3 Å². The first-order valence-corrected chi connectivity index (χ1v) is 8.19. The molecule has 114 valence electrons. The largest absolute Gasteiger partial charge is 0.454 e. The van der Waals surface area contributed by atoms with E-state index in [0.29, 0.717) is 0 Å². The summed E-state index contributed by atoms with van der Waals surface area (Å²) in [6.07, 6.45) is 0. The number of thiophene rings is 1. The van der Waals surface area contributed by atoms with Crippen molar-refractivity contribution in [3.8, 4) is 22.0 Å². The lowest BCUT2D eigenvalue weighted by molar-refractivity contribution is 0.626. The van der Waals surface area contributed by atoms with Gasteiger partial charge in [-0.05, 0) is 62.2 Å². The van der Waals surface area contributed by atoms with Gasteiger partial charge < -0.3 is 9.40 Å². The molecule has 0 atom stereocenters. The minimum Gasteiger partial charge on any atom is -0.454 e. The normalized spacial score (nSPS) is 11.4. The average molecular weight is 311 g/mol. The van der Waals surface area contributed by atoms with E-state index in [1.807, 2.05) is 0 Å². The Morgan fingerprint density at radius 2 is 1.68 bits per heavy atom. The van der Waals surface area contributed by atoms with Gasteiger partial charge in [0.2, 0.25) is 0 Å². The van der Waals surface area contributed by atoms with Gasteiger partial charge in [-0.15, -0.1) is 11.3 Å². The molecule has 3 aromatic heterocycles. The Morgan fingerprint density at radius 3 is 2.41 bits per heavy atom. The molecular weight excluding hydrogens is 290 g/mol. The summed E-state index contributed by atoms with van der Waals surface area (Å²) in [6.45, 7) is 6.34. The standard InChI is InChI=1S/C19H17NOS.2H2/c1-11-4-5-12(2)19-14(11)10-17(21-19)15-7-8-16(20-15)18-9-6-13(3)22-18;;/h4-10,20H,1-3H3;2*1H. The van der Waals surface area contributed by atoms with Crippen LogP contribution in [0.3, 0.4) is 0 Å². The Kier molecular flexibility index (Phi) is 2.98. The minimum atomic E-state index is 0. The molecule has 0 saturated carbocycles. The highest BCUT2D eigenvalue weighted by molar-refractivity contribution is 7.15. The summed E-state index contributed by atoms with van der Waals surface area (Å²) in [5.74, 6) is 0.895. The number of benzene rings is 1. The number of aromatic nitrogens is 1. The van der Waals surface area contributed by atoms with Gasteiger partial charge in [0.1, 0.15) is 5.58 Å². The second-order valence-corrected chi connectivity index (χ2v) is 7.04. The summed E-state index contributed by atoms with van der Waals surface area (Å²) in [5.41, 5.74) is 5.57. The fraction of sp³-hybridized carbons (Fsp3) is 0.158. The Balaban J connectivity index is 0.00000104. The van der Waals surface area contributed by atoms with Gasteiger partial charge >= 0.3 is 0 Å². The van der Waals surface area contributed by atoms with E-state index in [1.165, 1.54) is 26.3 Å².